The Kier molecular flexibility index (Phi) is 3.99. The molecule has 0 aromatic carbocycles. The predicted molar refractivity (Wildman–Crippen MR) is 67.4 cm³/mol. The van der Waals surface area contributed by atoms with Crippen LogP contribution in [0.4, 0.5) is 5.82 Å². The molecule has 0 bridgehead atoms. The molecular weight excluding hydrogens is 230 g/mol. The van der Waals surface area contributed by atoms with E-state index in [4.69, 9.17) is 0 Å². The summed E-state index contributed by atoms with van der Waals surface area (Å²) in [5, 5.41) is 10.8. The zero-order valence-electron chi connectivity index (χ0n) is 10.6. The number of hydrogen-bond donors (Lipinski definition) is 1. The van der Waals surface area contributed by atoms with Crippen molar-refractivity contribution in [2.24, 2.45) is 10.2 Å². The fourth-order valence-corrected chi connectivity index (χ4v) is 1.84. The SMILES string of the molecule is CCN(CC)CC(=O)N[C@@H]1N=Nc2ncccc21. The van der Waals surface area contributed by atoms with E-state index >= 15 is 0 Å². The van der Waals surface area contributed by atoms with E-state index in [0.717, 1.165) is 18.7 Å². The molecule has 18 heavy (non-hydrogen) atoms. The van der Waals surface area contributed by atoms with Crippen molar-refractivity contribution < 1.29 is 4.79 Å². The normalized spacial score (nSPS) is 16.9. The Labute approximate surface area is 106 Å². The molecule has 0 spiro atoms. The number of aromatic nitrogens is 1. The Hall–Kier alpha value is -1.82. The summed E-state index contributed by atoms with van der Waals surface area (Å²) in [6.45, 7) is 6.16. The molecule has 0 saturated heterocycles. The molecule has 1 aromatic rings. The lowest BCUT2D eigenvalue weighted by molar-refractivity contribution is -0.122. The summed E-state index contributed by atoms with van der Waals surface area (Å²) in [7, 11) is 0. The standard InChI is InChI=1S/C12H17N5O/c1-3-17(4-2)8-10(18)14-12-9-6-5-7-13-11(9)15-16-12/h5-7,12H,3-4,8H2,1-2H3,(H,14,18)/t12-/m1/s1. The van der Waals surface area contributed by atoms with Gasteiger partial charge in [-0.15, -0.1) is 5.11 Å². The Bertz CT molecular complexity index is 456. The Morgan fingerprint density at radius 3 is 2.94 bits per heavy atom. The van der Waals surface area contributed by atoms with Crippen LogP contribution in [0.2, 0.25) is 0 Å². The maximum atomic E-state index is 11.9. The summed E-state index contributed by atoms with van der Waals surface area (Å²) >= 11 is 0. The fraction of sp³-hybridized carbons (Fsp3) is 0.500. The molecule has 1 aliphatic rings. The third-order valence-corrected chi connectivity index (χ3v) is 2.94. The van der Waals surface area contributed by atoms with Crippen molar-refractivity contribution in [3.63, 3.8) is 0 Å². The predicted octanol–water partition coefficient (Wildman–Crippen LogP) is 1.64. The number of fused-ring (bicyclic) bond motifs is 1. The molecule has 1 aliphatic heterocycles. The monoisotopic (exact) mass is 247 g/mol. The minimum Gasteiger partial charge on any atom is -0.328 e. The number of carbonyl (C=O) groups excluding carboxylic acids is 1. The highest BCUT2D eigenvalue weighted by Crippen LogP contribution is 2.31. The molecule has 1 atom stereocenters. The third kappa shape index (κ3) is 2.70. The van der Waals surface area contributed by atoms with Gasteiger partial charge in [0, 0.05) is 11.8 Å². The lowest BCUT2D eigenvalue weighted by atomic mass is 10.2. The van der Waals surface area contributed by atoms with Crippen LogP contribution >= 0.6 is 0 Å². The summed E-state index contributed by atoms with van der Waals surface area (Å²) in [5.74, 6) is 0.546. The highest BCUT2D eigenvalue weighted by Gasteiger charge is 2.23. The summed E-state index contributed by atoms with van der Waals surface area (Å²) in [6, 6.07) is 3.70. The van der Waals surface area contributed by atoms with Crippen LogP contribution in [0.25, 0.3) is 0 Å². The number of likely N-dealkylation sites (N-methyl/N-ethyl adjacent to an activating group) is 1. The van der Waals surface area contributed by atoms with Crippen molar-refractivity contribution in [3.8, 4) is 0 Å². The third-order valence-electron chi connectivity index (χ3n) is 2.94. The van der Waals surface area contributed by atoms with Crippen LogP contribution < -0.4 is 5.32 Å². The van der Waals surface area contributed by atoms with E-state index in [1.165, 1.54) is 0 Å². The van der Waals surface area contributed by atoms with Gasteiger partial charge in [-0.1, -0.05) is 13.8 Å². The molecule has 0 fully saturated rings. The van der Waals surface area contributed by atoms with Crippen LogP contribution in [-0.4, -0.2) is 35.4 Å². The Morgan fingerprint density at radius 1 is 1.44 bits per heavy atom. The molecule has 1 amide bonds. The van der Waals surface area contributed by atoms with E-state index in [2.05, 4.69) is 20.5 Å². The van der Waals surface area contributed by atoms with Gasteiger partial charge in [-0.05, 0) is 25.2 Å². The van der Waals surface area contributed by atoms with Crippen molar-refractivity contribution >= 4 is 11.7 Å². The first-order chi connectivity index (χ1) is 8.74. The molecule has 6 heteroatoms. The van der Waals surface area contributed by atoms with Gasteiger partial charge in [0.2, 0.25) is 5.91 Å². The van der Waals surface area contributed by atoms with E-state index in [0.29, 0.717) is 12.4 Å². The van der Waals surface area contributed by atoms with E-state index in [1.807, 2.05) is 30.9 Å². The smallest absolute Gasteiger partial charge is 0.236 e. The molecule has 0 saturated carbocycles. The molecule has 2 heterocycles. The highest BCUT2D eigenvalue weighted by atomic mass is 16.2. The summed E-state index contributed by atoms with van der Waals surface area (Å²) < 4.78 is 0. The average Bonchev–Trinajstić information content (AvgIpc) is 2.79. The molecular formula is C12H17N5O. The van der Waals surface area contributed by atoms with E-state index < -0.39 is 6.17 Å². The van der Waals surface area contributed by atoms with Crippen molar-refractivity contribution in [2.75, 3.05) is 19.6 Å². The largest absolute Gasteiger partial charge is 0.328 e. The van der Waals surface area contributed by atoms with Gasteiger partial charge < -0.3 is 5.32 Å². The minimum atomic E-state index is -0.392. The molecule has 0 aliphatic carbocycles. The van der Waals surface area contributed by atoms with Crippen molar-refractivity contribution in [1.29, 1.82) is 0 Å². The van der Waals surface area contributed by atoms with Gasteiger partial charge in [0.25, 0.3) is 0 Å². The van der Waals surface area contributed by atoms with E-state index in [-0.39, 0.29) is 5.91 Å². The van der Waals surface area contributed by atoms with Crippen LogP contribution in [0.15, 0.2) is 28.6 Å². The maximum absolute atomic E-state index is 11.9. The van der Waals surface area contributed by atoms with Gasteiger partial charge >= 0.3 is 0 Å². The van der Waals surface area contributed by atoms with E-state index in [9.17, 15) is 4.79 Å². The van der Waals surface area contributed by atoms with Crippen LogP contribution in [0, 0.1) is 0 Å². The summed E-state index contributed by atoms with van der Waals surface area (Å²) in [5.41, 5.74) is 0.852. The zero-order chi connectivity index (χ0) is 13.0. The Balaban J connectivity index is 1.96. The number of nitrogens with zero attached hydrogens (tertiary/aromatic N) is 4. The Morgan fingerprint density at radius 2 is 2.22 bits per heavy atom. The number of carbonyl (C=O) groups is 1. The molecule has 0 radical (unpaired) electrons. The zero-order valence-corrected chi connectivity index (χ0v) is 10.6. The van der Waals surface area contributed by atoms with Gasteiger partial charge in [0.1, 0.15) is 0 Å². The first kappa shape index (κ1) is 12.6. The van der Waals surface area contributed by atoms with Gasteiger partial charge in [-0.25, -0.2) is 4.98 Å². The first-order valence-electron chi connectivity index (χ1n) is 6.12. The molecule has 6 nitrogen and oxygen atoms in total. The van der Waals surface area contributed by atoms with E-state index in [1.54, 1.807) is 6.20 Å². The molecule has 1 N–H and O–H groups in total. The fourth-order valence-electron chi connectivity index (χ4n) is 1.84. The minimum absolute atomic E-state index is 0.0423. The number of pyridine rings is 1. The second-order valence-corrected chi connectivity index (χ2v) is 4.06. The van der Waals surface area contributed by atoms with Crippen LogP contribution in [0.5, 0.6) is 0 Å². The molecule has 96 valence electrons. The lowest BCUT2D eigenvalue weighted by Crippen LogP contribution is -2.38. The van der Waals surface area contributed by atoms with Gasteiger partial charge in [-0.2, -0.15) is 5.11 Å². The second kappa shape index (κ2) is 5.68. The first-order valence-corrected chi connectivity index (χ1v) is 6.12. The van der Waals surface area contributed by atoms with Gasteiger partial charge in [0.05, 0.1) is 6.54 Å². The number of amides is 1. The van der Waals surface area contributed by atoms with Crippen molar-refractivity contribution in [2.45, 2.75) is 20.0 Å². The van der Waals surface area contributed by atoms with Crippen LogP contribution in [0.1, 0.15) is 25.6 Å². The van der Waals surface area contributed by atoms with Crippen molar-refractivity contribution in [3.05, 3.63) is 23.9 Å². The number of rotatable bonds is 5. The summed E-state index contributed by atoms with van der Waals surface area (Å²) in [6.07, 6.45) is 1.27. The van der Waals surface area contributed by atoms with Crippen LogP contribution in [0.3, 0.4) is 0 Å². The van der Waals surface area contributed by atoms with Gasteiger partial charge in [-0.3, -0.25) is 9.69 Å². The highest BCUT2D eigenvalue weighted by molar-refractivity contribution is 5.78. The van der Waals surface area contributed by atoms with Gasteiger partial charge in [0.15, 0.2) is 12.0 Å². The second-order valence-electron chi connectivity index (χ2n) is 4.06. The topological polar surface area (TPSA) is 70.0 Å². The quantitative estimate of drug-likeness (QED) is 0.859. The number of azo groups is 1. The average molecular weight is 247 g/mol. The summed E-state index contributed by atoms with van der Waals surface area (Å²) in [4.78, 5) is 18.0. The maximum Gasteiger partial charge on any atom is 0.236 e. The van der Waals surface area contributed by atoms with Crippen LogP contribution in [-0.2, 0) is 4.79 Å². The molecule has 2 rings (SSSR count). The van der Waals surface area contributed by atoms with Crippen molar-refractivity contribution in [1.82, 2.24) is 15.2 Å². The number of nitrogens with one attached hydrogen (secondary N) is 1. The number of hydrogen-bond acceptors (Lipinski definition) is 5. The lowest BCUT2D eigenvalue weighted by Gasteiger charge is -2.18. The molecule has 0 unspecified atom stereocenters. The molecule has 1 aromatic heterocycles.